The zero-order valence-electron chi connectivity index (χ0n) is 17.7. The maximum absolute atomic E-state index is 10.8. The van der Waals surface area contributed by atoms with Crippen LogP contribution < -0.4 is 0 Å². The highest BCUT2D eigenvalue weighted by molar-refractivity contribution is 5.93. The van der Waals surface area contributed by atoms with Gasteiger partial charge in [-0.25, -0.2) is 4.98 Å². The van der Waals surface area contributed by atoms with Gasteiger partial charge in [-0.3, -0.25) is 4.79 Å². The summed E-state index contributed by atoms with van der Waals surface area (Å²) < 4.78 is 5.03. The number of hydrogen-bond donors (Lipinski definition) is 1. The maximum atomic E-state index is 10.8. The molecule has 0 bridgehead atoms. The SMILES string of the molecule is C=C1C(COC=O)=C(C(C)O)C=C2c3nc4cc(C)c(C)c5c4c(c3CN12)CCC5. The number of pyridine rings is 1. The third-order valence-electron chi connectivity index (χ3n) is 6.90. The fourth-order valence-electron chi connectivity index (χ4n) is 5.26. The number of nitrogens with zero attached hydrogens (tertiary/aromatic N) is 2. The number of ether oxygens (including phenoxy) is 1. The number of benzene rings is 1. The number of carbonyl (C=O) groups excluding carboxylic acids is 1. The summed E-state index contributed by atoms with van der Waals surface area (Å²) >= 11 is 0. The van der Waals surface area contributed by atoms with E-state index < -0.39 is 6.10 Å². The molecule has 0 spiro atoms. The predicted molar refractivity (Wildman–Crippen MR) is 117 cm³/mol. The molecule has 1 atom stereocenters. The largest absolute Gasteiger partial charge is 0.463 e. The van der Waals surface area contributed by atoms with Gasteiger partial charge in [-0.15, -0.1) is 0 Å². The summed E-state index contributed by atoms with van der Waals surface area (Å²) in [7, 11) is 0. The van der Waals surface area contributed by atoms with Gasteiger partial charge in [0.2, 0.25) is 0 Å². The molecule has 3 aliphatic rings. The third kappa shape index (κ3) is 2.58. The lowest BCUT2D eigenvalue weighted by atomic mass is 9.83. The van der Waals surface area contributed by atoms with Crippen molar-refractivity contribution in [2.24, 2.45) is 0 Å². The monoisotopic (exact) mass is 402 g/mol. The molecule has 0 saturated carbocycles. The van der Waals surface area contributed by atoms with E-state index in [0.29, 0.717) is 13.0 Å². The molecule has 2 aliphatic heterocycles. The molecule has 0 fully saturated rings. The second-order valence-corrected chi connectivity index (χ2v) is 8.54. The van der Waals surface area contributed by atoms with Gasteiger partial charge >= 0.3 is 0 Å². The molecule has 1 unspecified atom stereocenters. The van der Waals surface area contributed by atoms with Gasteiger partial charge < -0.3 is 14.7 Å². The van der Waals surface area contributed by atoms with E-state index in [2.05, 4.69) is 31.4 Å². The summed E-state index contributed by atoms with van der Waals surface area (Å²) in [6, 6.07) is 2.21. The molecule has 1 aromatic heterocycles. The van der Waals surface area contributed by atoms with Crippen molar-refractivity contribution in [3.05, 3.63) is 69.1 Å². The van der Waals surface area contributed by atoms with Crippen molar-refractivity contribution in [2.75, 3.05) is 6.61 Å². The molecule has 0 saturated heterocycles. The zero-order valence-corrected chi connectivity index (χ0v) is 17.7. The Kier molecular flexibility index (Phi) is 4.33. The van der Waals surface area contributed by atoms with E-state index in [1.807, 2.05) is 6.08 Å². The summed E-state index contributed by atoms with van der Waals surface area (Å²) in [5, 5.41) is 11.7. The zero-order chi connectivity index (χ0) is 21.2. The van der Waals surface area contributed by atoms with Crippen molar-refractivity contribution in [3.8, 4) is 0 Å². The Hall–Kier alpha value is -2.92. The summed E-state index contributed by atoms with van der Waals surface area (Å²) in [5.41, 5.74) is 12.1. The standard InChI is InChI=1S/C25H26N2O3/c1-13-8-22-24-17(14(13)2)6-5-7-18(24)20-10-27-15(3)21(11-30-12-28)19(16(4)29)9-23(27)25(20)26-22/h8-9,12,16,29H,3,5-7,10-11H2,1-2,4H3. The Morgan fingerprint density at radius 1 is 1.30 bits per heavy atom. The van der Waals surface area contributed by atoms with Crippen LogP contribution in [0.3, 0.4) is 0 Å². The normalized spacial score (nSPS) is 18.3. The van der Waals surface area contributed by atoms with Crippen LogP contribution in [0.1, 0.15) is 46.9 Å². The van der Waals surface area contributed by atoms with Crippen LogP contribution in [0, 0.1) is 13.8 Å². The minimum Gasteiger partial charge on any atom is -0.463 e. The van der Waals surface area contributed by atoms with Gasteiger partial charge in [0.25, 0.3) is 6.47 Å². The lowest BCUT2D eigenvalue weighted by Crippen LogP contribution is -2.25. The van der Waals surface area contributed by atoms with Crippen LogP contribution in [0.25, 0.3) is 16.6 Å². The van der Waals surface area contributed by atoms with Crippen LogP contribution in [-0.4, -0.2) is 34.2 Å². The number of aromatic nitrogens is 1. The summed E-state index contributed by atoms with van der Waals surface area (Å²) in [6.45, 7) is 11.6. The van der Waals surface area contributed by atoms with Gasteiger partial charge in [0, 0.05) is 22.2 Å². The molecule has 0 radical (unpaired) electrons. The van der Waals surface area contributed by atoms with E-state index >= 15 is 0 Å². The highest BCUT2D eigenvalue weighted by atomic mass is 16.5. The first kappa shape index (κ1) is 19.1. The number of hydrogen-bond acceptors (Lipinski definition) is 5. The van der Waals surface area contributed by atoms with Gasteiger partial charge in [-0.05, 0) is 80.0 Å². The summed E-state index contributed by atoms with van der Waals surface area (Å²) in [5.74, 6) is 0. The fourth-order valence-corrected chi connectivity index (χ4v) is 5.26. The van der Waals surface area contributed by atoms with E-state index in [0.717, 1.165) is 53.0 Å². The molecular formula is C25H26N2O3. The second-order valence-electron chi connectivity index (χ2n) is 8.54. The molecule has 1 N–H and O–H groups in total. The Labute approximate surface area is 176 Å². The molecule has 0 amide bonds. The molecule has 3 heterocycles. The van der Waals surface area contributed by atoms with Crippen molar-refractivity contribution >= 4 is 23.1 Å². The summed E-state index contributed by atoms with van der Waals surface area (Å²) in [4.78, 5) is 18.0. The van der Waals surface area contributed by atoms with Gasteiger partial charge in [-0.1, -0.05) is 6.58 Å². The molecule has 5 rings (SSSR count). The van der Waals surface area contributed by atoms with Crippen molar-refractivity contribution in [1.29, 1.82) is 0 Å². The minimum atomic E-state index is -0.694. The van der Waals surface area contributed by atoms with Crippen LogP contribution in [0.2, 0.25) is 0 Å². The first-order valence-corrected chi connectivity index (χ1v) is 10.5. The van der Waals surface area contributed by atoms with Gasteiger partial charge in [0.15, 0.2) is 0 Å². The van der Waals surface area contributed by atoms with Gasteiger partial charge in [0.1, 0.15) is 6.61 Å². The summed E-state index contributed by atoms with van der Waals surface area (Å²) in [6.07, 6.45) is 4.62. The first-order valence-electron chi connectivity index (χ1n) is 10.5. The predicted octanol–water partition coefficient (Wildman–Crippen LogP) is 3.87. The molecule has 1 aromatic carbocycles. The smallest absolute Gasteiger partial charge is 0.293 e. The number of rotatable bonds is 4. The van der Waals surface area contributed by atoms with E-state index in [-0.39, 0.29) is 6.61 Å². The molecule has 154 valence electrons. The highest BCUT2D eigenvalue weighted by Gasteiger charge is 2.36. The number of aliphatic hydroxyl groups excluding tert-OH is 1. The van der Waals surface area contributed by atoms with Crippen LogP contribution >= 0.6 is 0 Å². The fraction of sp³-hybridized carbons (Fsp3) is 0.360. The van der Waals surface area contributed by atoms with E-state index in [1.54, 1.807) is 6.92 Å². The van der Waals surface area contributed by atoms with Crippen molar-refractivity contribution in [1.82, 2.24) is 9.88 Å². The molecule has 2 aromatic rings. The number of fused-ring (bicyclic) bond motifs is 4. The van der Waals surface area contributed by atoms with E-state index in [4.69, 9.17) is 9.72 Å². The molecule has 5 heteroatoms. The highest BCUT2D eigenvalue weighted by Crippen LogP contribution is 2.46. The Bertz CT molecular complexity index is 1190. The van der Waals surface area contributed by atoms with Crippen LogP contribution in [-0.2, 0) is 28.9 Å². The average Bonchev–Trinajstić information content (AvgIpc) is 3.10. The first-order chi connectivity index (χ1) is 14.4. The Balaban J connectivity index is 1.75. The van der Waals surface area contributed by atoms with Crippen molar-refractivity contribution < 1.29 is 14.6 Å². The second kappa shape index (κ2) is 6.81. The Morgan fingerprint density at radius 3 is 2.80 bits per heavy atom. The maximum Gasteiger partial charge on any atom is 0.293 e. The van der Waals surface area contributed by atoms with Gasteiger partial charge in [0.05, 0.1) is 29.6 Å². The van der Waals surface area contributed by atoms with Crippen molar-refractivity contribution in [2.45, 2.75) is 52.7 Å². The minimum absolute atomic E-state index is 0.101. The van der Waals surface area contributed by atoms with Crippen LogP contribution in [0.4, 0.5) is 0 Å². The Morgan fingerprint density at radius 2 is 2.07 bits per heavy atom. The third-order valence-corrected chi connectivity index (χ3v) is 6.90. The van der Waals surface area contributed by atoms with Crippen LogP contribution in [0.15, 0.2) is 35.6 Å². The average molecular weight is 402 g/mol. The molecular weight excluding hydrogens is 376 g/mol. The van der Waals surface area contributed by atoms with Crippen LogP contribution in [0.5, 0.6) is 0 Å². The molecule has 5 nitrogen and oxygen atoms in total. The lowest BCUT2D eigenvalue weighted by Gasteiger charge is -2.31. The quantitative estimate of drug-likeness (QED) is 0.787. The molecule has 1 aliphatic carbocycles. The number of aliphatic hydroxyl groups is 1. The number of aryl methyl sites for hydroxylation is 3. The van der Waals surface area contributed by atoms with Crippen molar-refractivity contribution in [3.63, 3.8) is 0 Å². The molecule has 30 heavy (non-hydrogen) atoms. The van der Waals surface area contributed by atoms with E-state index in [1.165, 1.54) is 33.2 Å². The van der Waals surface area contributed by atoms with E-state index in [9.17, 15) is 9.90 Å². The number of carbonyl (C=O) groups is 1. The van der Waals surface area contributed by atoms with Gasteiger partial charge in [-0.2, -0.15) is 0 Å². The topological polar surface area (TPSA) is 62.7 Å². The lowest BCUT2D eigenvalue weighted by molar-refractivity contribution is -0.127.